The number of methoxy groups -OCH3 is 2. The Balaban J connectivity index is 1.48. The number of amides is 2. The Kier molecular flexibility index (Phi) is 6.69. The van der Waals surface area contributed by atoms with E-state index in [1.807, 2.05) is 6.07 Å². The summed E-state index contributed by atoms with van der Waals surface area (Å²) in [5.74, 6) is 0.905. The number of rotatable bonds is 8. The topological polar surface area (TPSA) is 67.9 Å². The van der Waals surface area contributed by atoms with Crippen molar-refractivity contribution in [1.29, 1.82) is 0 Å². The lowest BCUT2D eigenvalue weighted by atomic mass is 10.1. The van der Waals surface area contributed by atoms with E-state index in [4.69, 9.17) is 9.47 Å². The first-order valence-electron chi connectivity index (χ1n) is 9.48. The van der Waals surface area contributed by atoms with E-state index in [0.717, 1.165) is 11.1 Å². The molecule has 1 fully saturated rings. The van der Waals surface area contributed by atoms with Gasteiger partial charge in [0, 0.05) is 32.0 Å². The lowest BCUT2D eigenvalue weighted by molar-refractivity contribution is -0.128. The summed E-state index contributed by atoms with van der Waals surface area (Å²) in [7, 11) is 3.11. The maximum atomic E-state index is 13.0. The fourth-order valence-electron chi connectivity index (χ4n) is 3.45. The maximum Gasteiger partial charge on any atom is 0.224 e. The normalized spacial score (nSPS) is 16.0. The van der Waals surface area contributed by atoms with Gasteiger partial charge in [0.15, 0.2) is 11.5 Å². The summed E-state index contributed by atoms with van der Waals surface area (Å²) in [5.41, 5.74) is 1.71. The van der Waals surface area contributed by atoms with Crippen LogP contribution in [-0.2, 0) is 22.6 Å². The summed E-state index contributed by atoms with van der Waals surface area (Å²) in [5, 5.41) is 2.91. The molecule has 2 aromatic carbocycles. The Morgan fingerprint density at radius 1 is 1.10 bits per heavy atom. The summed E-state index contributed by atoms with van der Waals surface area (Å²) >= 11 is 0. The highest BCUT2D eigenvalue weighted by Gasteiger charge is 2.29. The Morgan fingerprint density at radius 3 is 2.48 bits per heavy atom. The van der Waals surface area contributed by atoms with Crippen LogP contribution in [0.1, 0.15) is 17.5 Å². The van der Waals surface area contributed by atoms with Gasteiger partial charge in [0.25, 0.3) is 0 Å². The van der Waals surface area contributed by atoms with Crippen LogP contribution in [0.15, 0.2) is 42.5 Å². The molecule has 1 aliphatic heterocycles. The number of halogens is 1. The molecule has 1 N–H and O–H groups in total. The molecule has 1 unspecified atom stereocenters. The maximum absolute atomic E-state index is 13.0. The number of nitrogens with one attached hydrogen (secondary N) is 1. The molecular weight excluding hydrogens is 375 g/mol. The van der Waals surface area contributed by atoms with Gasteiger partial charge in [-0.3, -0.25) is 9.59 Å². The van der Waals surface area contributed by atoms with Crippen LogP contribution in [0.4, 0.5) is 4.39 Å². The van der Waals surface area contributed by atoms with Gasteiger partial charge in [0.05, 0.1) is 20.6 Å². The summed E-state index contributed by atoms with van der Waals surface area (Å²) in [6.45, 7) is 1.47. The van der Waals surface area contributed by atoms with Crippen molar-refractivity contribution >= 4 is 11.8 Å². The Bertz CT molecular complexity index is 870. The van der Waals surface area contributed by atoms with Gasteiger partial charge in [0.1, 0.15) is 5.82 Å². The van der Waals surface area contributed by atoms with Crippen LogP contribution in [0.2, 0.25) is 0 Å². The average Bonchev–Trinajstić information content (AvgIpc) is 3.07. The third-order valence-corrected chi connectivity index (χ3v) is 4.98. The molecule has 1 saturated heterocycles. The number of carbonyl (C=O) groups excluding carboxylic acids is 2. The highest BCUT2D eigenvalue weighted by molar-refractivity contribution is 5.80. The largest absolute Gasteiger partial charge is 0.493 e. The van der Waals surface area contributed by atoms with Crippen molar-refractivity contribution in [3.8, 4) is 11.5 Å². The zero-order valence-corrected chi connectivity index (χ0v) is 16.6. The molecule has 3 rings (SSSR count). The first-order chi connectivity index (χ1) is 14.0. The predicted octanol–water partition coefficient (Wildman–Crippen LogP) is 2.55. The van der Waals surface area contributed by atoms with Crippen LogP contribution in [0, 0.1) is 11.7 Å². The van der Waals surface area contributed by atoms with E-state index in [9.17, 15) is 14.0 Å². The van der Waals surface area contributed by atoms with Crippen molar-refractivity contribution in [2.45, 2.75) is 19.4 Å². The molecule has 0 saturated carbocycles. The highest BCUT2D eigenvalue weighted by atomic mass is 19.1. The first-order valence-corrected chi connectivity index (χ1v) is 9.48. The van der Waals surface area contributed by atoms with Crippen molar-refractivity contribution in [3.63, 3.8) is 0 Å². The van der Waals surface area contributed by atoms with E-state index in [0.29, 0.717) is 37.6 Å². The minimum Gasteiger partial charge on any atom is -0.493 e. The monoisotopic (exact) mass is 400 g/mol. The third-order valence-electron chi connectivity index (χ3n) is 4.98. The molecule has 0 spiro atoms. The molecule has 2 aromatic rings. The van der Waals surface area contributed by atoms with Gasteiger partial charge in [-0.05, 0) is 35.4 Å². The fraction of sp³-hybridized carbons (Fsp3) is 0.364. The van der Waals surface area contributed by atoms with Gasteiger partial charge in [0.2, 0.25) is 11.8 Å². The molecule has 0 radical (unpaired) electrons. The van der Waals surface area contributed by atoms with E-state index in [-0.39, 0.29) is 30.0 Å². The summed E-state index contributed by atoms with van der Waals surface area (Å²) < 4.78 is 23.5. The predicted molar refractivity (Wildman–Crippen MR) is 106 cm³/mol. The van der Waals surface area contributed by atoms with Gasteiger partial charge in [-0.25, -0.2) is 4.39 Å². The minimum absolute atomic E-state index is 0.0495. The summed E-state index contributed by atoms with van der Waals surface area (Å²) in [6, 6.07) is 11.5. The standard InChI is InChI=1S/C22H25FN2O4/c1-28-19-8-5-16(9-20(19)29-2)10-21(26)24-12-17-11-22(27)25(14-17)13-15-3-6-18(23)7-4-15/h3-9,17H,10-14H2,1-2H3,(H,24,26). The number of hydrogen-bond acceptors (Lipinski definition) is 4. The van der Waals surface area contributed by atoms with E-state index in [1.165, 1.54) is 12.1 Å². The molecule has 0 aliphatic carbocycles. The lowest BCUT2D eigenvalue weighted by Gasteiger charge is -2.17. The van der Waals surface area contributed by atoms with Crippen molar-refractivity contribution in [1.82, 2.24) is 10.2 Å². The molecule has 1 atom stereocenters. The number of benzene rings is 2. The second-order valence-corrected chi connectivity index (χ2v) is 7.14. The second kappa shape index (κ2) is 9.41. The Morgan fingerprint density at radius 2 is 1.79 bits per heavy atom. The van der Waals surface area contributed by atoms with Crippen LogP contribution in [0.3, 0.4) is 0 Å². The quantitative estimate of drug-likeness (QED) is 0.740. The molecule has 1 aliphatic rings. The SMILES string of the molecule is COc1ccc(CC(=O)NCC2CC(=O)N(Cc3ccc(F)cc3)C2)cc1OC. The minimum atomic E-state index is -0.295. The lowest BCUT2D eigenvalue weighted by Crippen LogP contribution is -2.32. The first kappa shape index (κ1) is 20.6. The molecule has 0 aromatic heterocycles. The number of carbonyl (C=O) groups is 2. The van der Waals surface area contributed by atoms with Crippen molar-refractivity contribution < 1.29 is 23.5 Å². The van der Waals surface area contributed by atoms with Gasteiger partial charge >= 0.3 is 0 Å². The van der Waals surface area contributed by atoms with Gasteiger partial charge in [-0.2, -0.15) is 0 Å². The van der Waals surface area contributed by atoms with Crippen molar-refractivity contribution in [3.05, 3.63) is 59.4 Å². The van der Waals surface area contributed by atoms with Crippen LogP contribution in [0.5, 0.6) is 11.5 Å². The zero-order chi connectivity index (χ0) is 20.8. The van der Waals surface area contributed by atoms with E-state index >= 15 is 0 Å². The third kappa shape index (κ3) is 5.47. The Hall–Kier alpha value is -3.09. The second-order valence-electron chi connectivity index (χ2n) is 7.14. The average molecular weight is 400 g/mol. The van der Waals surface area contributed by atoms with E-state index in [1.54, 1.807) is 43.4 Å². The highest BCUT2D eigenvalue weighted by Crippen LogP contribution is 2.27. The van der Waals surface area contributed by atoms with Crippen LogP contribution in [-0.4, -0.2) is 44.0 Å². The molecular formula is C22H25FN2O4. The molecule has 7 heteroatoms. The van der Waals surface area contributed by atoms with Gasteiger partial charge < -0.3 is 19.7 Å². The van der Waals surface area contributed by atoms with E-state index < -0.39 is 0 Å². The van der Waals surface area contributed by atoms with Crippen LogP contribution >= 0.6 is 0 Å². The number of ether oxygens (including phenoxy) is 2. The summed E-state index contributed by atoms with van der Waals surface area (Å²) in [4.78, 5) is 26.3. The molecule has 154 valence electrons. The smallest absolute Gasteiger partial charge is 0.224 e. The molecule has 6 nitrogen and oxygen atoms in total. The van der Waals surface area contributed by atoms with Gasteiger partial charge in [-0.15, -0.1) is 0 Å². The number of likely N-dealkylation sites (tertiary alicyclic amines) is 1. The Labute approximate surface area is 169 Å². The molecule has 29 heavy (non-hydrogen) atoms. The molecule has 0 bridgehead atoms. The van der Waals surface area contributed by atoms with Crippen molar-refractivity contribution in [2.75, 3.05) is 27.3 Å². The fourth-order valence-corrected chi connectivity index (χ4v) is 3.45. The summed E-state index contributed by atoms with van der Waals surface area (Å²) in [6.07, 6.45) is 0.623. The van der Waals surface area contributed by atoms with E-state index in [2.05, 4.69) is 5.32 Å². The van der Waals surface area contributed by atoms with Crippen LogP contribution in [0.25, 0.3) is 0 Å². The molecule has 2 amide bonds. The van der Waals surface area contributed by atoms with Crippen molar-refractivity contribution in [2.24, 2.45) is 5.92 Å². The number of hydrogen-bond donors (Lipinski definition) is 1. The van der Waals surface area contributed by atoms with Gasteiger partial charge in [-0.1, -0.05) is 18.2 Å². The van der Waals surface area contributed by atoms with Crippen LogP contribution < -0.4 is 14.8 Å². The zero-order valence-electron chi connectivity index (χ0n) is 16.6. The molecule has 1 heterocycles. The number of nitrogens with zero attached hydrogens (tertiary/aromatic N) is 1.